The molecule has 0 spiro atoms. The van der Waals surface area contributed by atoms with Crippen LogP contribution in [0.4, 0.5) is 5.82 Å². The van der Waals surface area contributed by atoms with Crippen LogP contribution < -0.4 is 16.0 Å². The van der Waals surface area contributed by atoms with Gasteiger partial charge in [-0.2, -0.15) is 0 Å². The maximum Gasteiger partial charge on any atom is 0.252 e. The summed E-state index contributed by atoms with van der Waals surface area (Å²) in [6, 6.07) is 10.1. The number of anilines is 1. The van der Waals surface area contributed by atoms with Crippen molar-refractivity contribution < 1.29 is 4.79 Å². The van der Waals surface area contributed by atoms with Gasteiger partial charge in [0.1, 0.15) is 5.82 Å². The number of rotatable bonds is 3. The first-order valence-corrected chi connectivity index (χ1v) is 7.31. The maximum absolute atomic E-state index is 11.8. The van der Waals surface area contributed by atoms with Crippen molar-refractivity contribution in [3.8, 4) is 0 Å². The first-order chi connectivity index (χ1) is 10.2. The highest BCUT2D eigenvalue weighted by molar-refractivity contribution is 6.01. The number of hydrogen-bond donors (Lipinski definition) is 2. The maximum atomic E-state index is 11.8. The third-order valence-corrected chi connectivity index (χ3v) is 4.10. The molecule has 0 bridgehead atoms. The van der Waals surface area contributed by atoms with Crippen LogP contribution in [0.15, 0.2) is 30.3 Å². The lowest BCUT2D eigenvalue weighted by molar-refractivity contribution is 0.100. The average Bonchev–Trinajstić information content (AvgIpc) is 2.53. The predicted molar refractivity (Wildman–Crippen MR) is 84.6 cm³/mol. The second-order valence-corrected chi connectivity index (χ2v) is 5.49. The van der Waals surface area contributed by atoms with Crippen LogP contribution in [0.3, 0.4) is 0 Å². The van der Waals surface area contributed by atoms with E-state index in [0.29, 0.717) is 17.4 Å². The molecule has 0 saturated carbocycles. The number of carbonyl (C=O) groups is 1. The number of piperidine rings is 1. The number of nitrogens with two attached hydrogens (primary N) is 1. The molecule has 3 rings (SSSR count). The van der Waals surface area contributed by atoms with Gasteiger partial charge in [-0.25, -0.2) is 4.98 Å². The van der Waals surface area contributed by atoms with Crippen molar-refractivity contribution in [2.24, 2.45) is 5.73 Å². The first-order valence-electron chi connectivity index (χ1n) is 7.31. The van der Waals surface area contributed by atoms with E-state index in [0.717, 1.165) is 36.8 Å². The molecule has 110 valence electrons. The highest BCUT2D eigenvalue weighted by Gasteiger charge is 2.23. The summed E-state index contributed by atoms with van der Waals surface area (Å²) in [5.41, 5.74) is 6.96. The molecule has 1 aromatic carbocycles. The van der Waals surface area contributed by atoms with Crippen molar-refractivity contribution in [2.45, 2.75) is 18.9 Å². The summed E-state index contributed by atoms with van der Waals surface area (Å²) in [6.45, 7) is 1.76. The molecule has 5 nitrogen and oxygen atoms in total. The van der Waals surface area contributed by atoms with Gasteiger partial charge in [0.2, 0.25) is 0 Å². The smallest absolute Gasteiger partial charge is 0.252 e. The number of amides is 1. The SMILES string of the molecule is CNC1CCCN(c2nc3ccccc3cc2C(N)=O)C1. The Labute approximate surface area is 124 Å². The molecule has 1 aliphatic heterocycles. The molecule has 1 atom stereocenters. The molecular formula is C16H20N4O. The Morgan fingerprint density at radius 2 is 2.24 bits per heavy atom. The fourth-order valence-electron chi connectivity index (χ4n) is 2.93. The third kappa shape index (κ3) is 2.69. The number of carbonyl (C=O) groups excluding carboxylic acids is 1. The Kier molecular flexibility index (Phi) is 3.75. The van der Waals surface area contributed by atoms with E-state index in [-0.39, 0.29) is 0 Å². The van der Waals surface area contributed by atoms with Gasteiger partial charge in [0.05, 0.1) is 11.1 Å². The normalized spacial score (nSPS) is 18.9. The molecule has 1 amide bonds. The largest absolute Gasteiger partial charge is 0.365 e. The predicted octanol–water partition coefficient (Wildman–Crippen LogP) is 1.52. The van der Waals surface area contributed by atoms with Crippen molar-refractivity contribution >= 4 is 22.6 Å². The number of pyridine rings is 1. The first kappa shape index (κ1) is 13.8. The van der Waals surface area contributed by atoms with Crippen LogP contribution in [0.25, 0.3) is 10.9 Å². The lowest BCUT2D eigenvalue weighted by atomic mass is 10.0. The Balaban J connectivity index is 2.07. The minimum atomic E-state index is -0.421. The Morgan fingerprint density at radius 3 is 3.00 bits per heavy atom. The molecule has 1 aromatic heterocycles. The fourth-order valence-corrected chi connectivity index (χ4v) is 2.93. The molecule has 2 aromatic rings. The third-order valence-electron chi connectivity index (χ3n) is 4.10. The number of likely N-dealkylation sites (N-methyl/N-ethyl adjacent to an activating group) is 1. The molecule has 1 unspecified atom stereocenters. The van der Waals surface area contributed by atoms with E-state index in [1.807, 2.05) is 37.4 Å². The summed E-state index contributed by atoms with van der Waals surface area (Å²) in [7, 11) is 1.97. The summed E-state index contributed by atoms with van der Waals surface area (Å²) < 4.78 is 0. The second kappa shape index (κ2) is 5.69. The molecule has 1 aliphatic rings. The summed E-state index contributed by atoms with van der Waals surface area (Å²) in [5, 5.41) is 4.25. The van der Waals surface area contributed by atoms with Gasteiger partial charge in [0, 0.05) is 24.5 Å². The molecule has 21 heavy (non-hydrogen) atoms. The standard InChI is InChI=1S/C16H20N4O/c1-18-12-6-4-8-20(10-12)16-13(15(17)21)9-11-5-2-3-7-14(11)19-16/h2-3,5,7,9,12,18H,4,6,8,10H2,1H3,(H2,17,21). The van der Waals surface area contributed by atoms with Crippen LogP contribution >= 0.6 is 0 Å². The molecule has 1 fully saturated rings. The van der Waals surface area contributed by atoms with Crippen molar-refractivity contribution in [2.75, 3.05) is 25.0 Å². The van der Waals surface area contributed by atoms with Crippen molar-refractivity contribution in [3.05, 3.63) is 35.9 Å². The van der Waals surface area contributed by atoms with Crippen LogP contribution in [-0.4, -0.2) is 37.1 Å². The average molecular weight is 284 g/mol. The minimum absolute atomic E-state index is 0.421. The molecular weight excluding hydrogens is 264 g/mol. The van der Waals surface area contributed by atoms with Gasteiger partial charge >= 0.3 is 0 Å². The number of nitrogens with one attached hydrogen (secondary N) is 1. The monoisotopic (exact) mass is 284 g/mol. The van der Waals surface area contributed by atoms with E-state index in [9.17, 15) is 4.79 Å². The van der Waals surface area contributed by atoms with Gasteiger partial charge < -0.3 is 16.0 Å². The van der Waals surface area contributed by atoms with Crippen LogP contribution in [0.2, 0.25) is 0 Å². The van der Waals surface area contributed by atoms with E-state index in [1.54, 1.807) is 0 Å². The number of benzene rings is 1. The zero-order valence-corrected chi connectivity index (χ0v) is 12.2. The van der Waals surface area contributed by atoms with Gasteiger partial charge in [-0.15, -0.1) is 0 Å². The molecule has 3 N–H and O–H groups in total. The Hall–Kier alpha value is -2.14. The molecule has 2 heterocycles. The second-order valence-electron chi connectivity index (χ2n) is 5.49. The summed E-state index contributed by atoms with van der Waals surface area (Å²) in [4.78, 5) is 18.6. The zero-order valence-electron chi connectivity index (χ0n) is 12.2. The van der Waals surface area contributed by atoms with Gasteiger partial charge in [0.25, 0.3) is 5.91 Å². The number of aromatic nitrogens is 1. The number of hydrogen-bond acceptors (Lipinski definition) is 4. The number of fused-ring (bicyclic) bond motifs is 1. The lowest BCUT2D eigenvalue weighted by Gasteiger charge is -2.34. The molecule has 1 saturated heterocycles. The number of primary amides is 1. The summed E-state index contributed by atoms with van der Waals surface area (Å²) >= 11 is 0. The molecule has 0 aliphatic carbocycles. The van der Waals surface area contributed by atoms with Crippen LogP contribution in [0.1, 0.15) is 23.2 Å². The van der Waals surface area contributed by atoms with Crippen molar-refractivity contribution in [1.29, 1.82) is 0 Å². The summed E-state index contributed by atoms with van der Waals surface area (Å²) in [5.74, 6) is 0.288. The van der Waals surface area contributed by atoms with E-state index in [4.69, 9.17) is 5.73 Å². The van der Waals surface area contributed by atoms with Crippen LogP contribution in [-0.2, 0) is 0 Å². The van der Waals surface area contributed by atoms with Gasteiger partial charge in [-0.3, -0.25) is 4.79 Å². The Morgan fingerprint density at radius 1 is 1.43 bits per heavy atom. The van der Waals surface area contributed by atoms with E-state index >= 15 is 0 Å². The van der Waals surface area contributed by atoms with E-state index < -0.39 is 5.91 Å². The van der Waals surface area contributed by atoms with Gasteiger partial charge in [0.15, 0.2) is 0 Å². The number of para-hydroxylation sites is 1. The van der Waals surface area contributed by atoms with Gasteiger partial charge in [-0.05, 0) is 32.0 Å². The topological polar surface area (TPSA) is 71.2 Å². The molecule has 0 radical (unpaired) electrons. The lowest BCUT2D eigenvalue weighted by Crippen LogP contribution is -2.45. The van der Waals surface area contributed by atoms with Crippen LogP contribution in [0.5, 0.6) is 0 Å². The van der Waals surface area contributed by atoms with Crippen LogP contribution in [0, 0.1) is 0 Å². The zero-order chi connectivity index (χ0) is 14.8. The van der Waals surface area contributed by atoms with E-state index in [2.05, 4.69) is 15.2 Å². The summed E-state index contributed by atoms with van der Waals surface area (Å²) in [6.07, 6.45) is 2.23. The van der Waals surface area contributed by atoms with E-state index in [1.165, 1.54) is 0 Å². The number of nitrogens with zero attached hydrogens (tertiary/aromatic N) is 2. The highest BCUT2D eigenvalue weighted by Crippen LogP contribution is 2.26. The minimum Gasteiger partial charge on any atom is -0.365 e. The fraction of sp³-hybridized carbons (Fsp3) is 0.375. The highest BCUT2D eigenvalue weighted by atomic mass is 16.1. The quantitative estimate of drug-likeness (QED) is 0.896. The van der Waals surface area contributed by atoms with Gasteiger partial charge in [-0.1, -0.05) is 18.2 Å². The van der Waals surface area contributed by atoms with Crippen molar-refractivity contribution in [3.63, 3.8) is 0 Å². The van der Waals surface area contributed by atoms with Crippen molar-refractivity contribution in [1.82, 2.24) is 10.3 Å². The molecule has 5 heteroatoms. The Bertz CT molecular complexity index is 670.